The fourth-order valence-corrected chi connectivity index (χ4v) is 2.36. The summed E-state index contributed by atoms with van der Waals surface area (Å²) >= 11 is 6.01. The fourth-order valence-electron chi connectivity index (χ4n) is 2.10. The largest absolute Gasteiger partial charge is 0.392 e. The third-order valence-corrected chi connectivity index (χ3v) is 3.38. The van der Waals surface area contributed by atoms with Gasteiger partial charge in [0.15, 0.2) is 5.78 Å². The van der Waals surface area contributed by atoms with Gasteiger partial charge >= 0.3 is 0 Å². The number of fused-ring (bicyclic) bond motifs is 1. The van der Waals surface area contributed by atoms with Crippen molar-refractivity contribution in [2.24, 2.45) is 5.92 Å². The Balaban J connectivity index is 2.37. The van der Waals surface area contributed by atoms with Gasteiger partial charge in [-0.2, -0.15) is 0 Å². The van der Waals surface area contributed by atoms with Gasteiger partial charge in [-0.1, -0.05) is 30.7 Å². The molecule has 1 aromatic rings. The van der Waals surface area contributed by atoms with Crippen molar-refractivity contribution in [2.45, 2.75) is 25.9 Å². The molecule has 0 aromatic heterocycles. The van der Waals surface area contributed by atoms with Crippen LogP contribution in [0.3, 0.4) is 0 Å². The van der Waals surface area contributed by atoms with Crippen LogP contribution in [-0.2, 0) is 6.42 Å². The number of carbonyl (C=O) groups excluding carboxylic acids is 1. The molecular formula is C12H13ClO2. The maximum Gasteiger partial charge on any atom is 0.169 e. The number of aliphatic hydroxyl groups excluding tert-OH is 1. The molecule has 3 heteroatoms. The Morgan fingerprint density at radius 2 is 2.33 bits per heavy atom. The molecular weight excluding hydrogens is 212 g/mol. The lowest BCUT2D eigenvalue weighted by atomic mass is 9.96. The minimum atomic E-state index is -0.555. The average Bonchev–Trinajstić information content (AvgIpc) is 2.57. The number of aliphatic hydroxyl groups is 1. The summed E-state index contributed by atoms with van der Waals surface area (Å²) in [6.07, 6.45) is 0.617. The van der Waals surface area contributed by atoms with Crippen LogP contribution in [-0.4, -0.2) is 17.0 Å². The van der Waals surface area contributed by atoms with E-state index in [4.69, 9.17) is 11.6 Å². The number of Topliss-reactive ketones (excluding diaryl/α,β-unsaturated/α-hetero) is 1. The Kier molecular flexibility index (Phi) is 2.81. The van der Waals surface area contributed by atoms with Crippen LogP contribution in [0.15, 0.2) is 18.2 Å². The summed E-state index contributed by atoms with van der Waals surface area (Å²) in [5.41, 5.74) is 1.57. The van der Waals surface area contributed by atoms with E-state index < -0.39 is 6.10 Å². The molecule has 0 bridgehead atoms. The van der Waals surface area contributed by atoms with Gasteiger partial charge in [0.05, 0.1) is 12.0 Å². The van der Waals surface area contributed by atoms with Gasteiger partial charge < -0.3 is 5.11 Å². The highest BCUT2D eigenvalue weighted by Gasteiger charge is 2.35. The van der Waals surface area contributed by atoms with E-state index in [1.807, 2.05) is 6.92 Å². The van der Waals surface area contributed by atoms with Crippen molar-refractivity contribution in [3.05, 3.63) is 34.3 Å². The molecule has 15 heavy (non-hydrogen) atoms. The lowest BCUT2D eigenvalue weighted by Gasteiger charge is -2.13. The van der Waals surface area contributed by atoms with Crippen LogP contribution in [0.1, 0.15) is 29.3 Å². The highest BCUT2D eigenvalue weighted by atomic mass is 35.5. The zero-order valence-electron chi connectivity index (χ0n) is 8.53. The SMILES string of the molecule is CCC(O)C1Cc2c(Cl)cccc2C1=O. The molecule has 2 atom stereocenters. The predicted octanol–water partition coefficient (Wildman–Crippen LogP) is 2.47. The van der Waals surface area contributed by atoms with E-state index in [2.05, 4.69) is 0 Å². The van der Waals surface area contributed by atoms with Crippen LogP contribution in [0.5, 0.6) is 0 Å². The third kappa shape index (κ3) is 1.68. The zero-order chi connectivity index (χ0) is 11.0. The molecule has 1 N–H and O–H groups in total. The van der Waals surface area contributed by atoms with Crippen molar-refractivity contribution in [2.75, 3.05) is 0 Å². The monoisotopic (exact) mass is 224 g/mol. The summed E-state index contributed by atoms with van der Waals surface area (Å²) in [5, 5.41) is 10.4. The summed E-state index contributed by atoms with van der Waals surface area (Å²) in [6, 6.07) is 5.35. The number of halogens is 1. The van der Waals surface area contributed by atoms with Gasteiger partial charge in [0, 0.05) is 10.6 Å². The van der Waals surface area contributed by atoms with Gasteiger partial charge in [-0.05, 0) is 24.5 Å². The highest BCUT2D eigenvalue weighted by molar-refractivity contribution is 6.32. The Hall–Kier alpha value is -0.860. The second-order valence-electron chi connectivity index (χ2n) is 3.92. The van der Waals surface area contributed by atoms with Crippen LogP contribution in [0.2, 0.25) is 5.02 Å². The van der Waals surface area contributed by atoms with E-state index in [0.717, 1.165) is 5.56 Å². The summed E-state index contributed by atoms with van der Waals surface area (Å²) in [7, 11) is 0. The van der Waals surface area contributed by atoms with Gasteiger partial charge in [-0.15, -0.1) is 0 Å². The Morgan fingerprint density at radius 3 is 2.93 bits per heavy atom. The van der Waals surface area contributed by atoms with Crippen molar-refractivity contribution in [3.8, 4) is 0 Å². The van der Waals surface area contributed by atoms with E-state index in [1.54, 1.807) is 18.2 Å². The Labute approximate surface area is 93.9 Å². The molecule has 0 saturated heterocycles. The first-order valence-corrected chi connectivity index (χ1v) is 5.52. The Bertz CT molecular complexity index is 401. The van der Waals surface area contributed by atoms with Crippen molar-refractivity contribution >= 4 is 17.4 Å². The maximum absolute atomic E-state index is 11.9. The molecule has 2 rings (SSSR count). The number of hydrogen-bond donors (Lipinski definition) is 1. The van der Waals surface area contributed by atoms with Crippen molar-refractivity contribution < 1.29 is 9.90 Å². The van der Waals surface area contributed by atoms with Gasteiger partial charge in [0.25, 0.3) is 0 Å². The Morgan fingerprint density at radius 1 is 1.60 bits per heavy atom. The fraction of sp³-hybridized carbons (Fsp3) is 0.417. The molecule has 0 saturated carbocycles. The second-order valence-corrected chi connectivity index (χ2v) is 4.32. The van der Waals surface area contributed by atoms with Gasteiger partial charge in [0.2, 0.25) is 0 Å². The highest BCUT2D eigenvalue weighted by Crippen LogP contribution is 2.34. The second kappa shape index (κ2) is 3.95. The summed E-state index contributed by atoms with van der Waals surface area (Å²) in [4.78, 5) is 11.9. The molecule has 0 heterocycles. The lowest BCUT2D eigenvalue weighted by Crippen LogP contribution is -2.24. The number of hydrogen-bond acceptors (Lipinski definition) is 2. The number of carbonyl (C=O) groups is 1. The quantitative estimate of drug-likeness (QED) is 0.838. The number of benzene rings is 1. The van der Waals surface area contributed by atoms with E-state index in [-0.39, 0.29) is 11.7 Å². The lowest BCUT2D eigenvalue weighted by molar-refractivity contribution is 0.0700. The molecule has 0 fully saturated rings. The summed E-state index contributed by atoms with van der Waals surface area (Å²) < 4.78 is 0. The van der Waals surface area contributed by atoms with E-state index in [0.29, 0.717) is 23.4 Å². The topological polar surface area (TPSA) is 37.3 Å². The maximum atomic E-state index is 11.9. The molecule has 1 aromatic carbocycles. The minimum Gasteiger partial charge on any atom is -0.392 e. The van der Waals surface area contributed by atoms with Crippen LogP contribution >= 0.6 is 11.6 Å². The van der Waals surface area contributed by atoms with Crippen LogP contribution in [0.4, 0.5) is 0 Å². The first-order valence-electron chi connectivity index (χ1n) is 5.14. The molecule has 0 radical (unpaired) electrons. The molecule has 2 nitrogen and oxygen atoms in total. The third-order valence-electron chi connectivity index (χ3n) is 3.03. The van der Waals surface area contributed by atoms with Crippen molar-refractivity contribution in [1.29, 1.82) is 0 Å². The minimum absolute atomic E-state index is 0.0295. The average molecular weight is 225 g/mol. The van der Waals surface area contributed by atoms with E-state index in [1.165, 1.54) is 0 Å². The number of ketones is 1. The van der Waals surface area contributed by atoms with Gasteiger partial charge in [-0.25, -0.2) is 0 Å². The molecule has 80 valence electrons. The predicted molar refractivity (Wildman–Crippen MR) is 59.3 cm³/mol. The summed E-state index contributed by atoms with van der Waals surface area (Å²) in [6.45, 7) is 1.88. The standard InChI is InChI=1S/C12H13ClO2/c1-2-11(14)9-6-8-7(12(9)15)4-3-5-10(8)13/h3-5,9,11,14H,2,6H2,1H3. The summed E-state index contributed by atoms with van der Waals surface area (Å²) in [5.74, 6) is -0.272. The van der Waals surface area contributed by atoms with Crippen molar-refractivity contribution in [3.63, 3.8) is 0 Å². The molecule has 0 amide bonds. The molecule has 1 aliphatic carbocycles. The van der Waals surface area contributed by atoms with Gasteiger partial charge in [0.1, 0.15) is 0 Å². The van der Waals surface area contributed by atoms with E-state index >= 15 is 0 Å². The normalized spacial score (nSPS) is 21.5. The zero-order valence-corrected chi connectivity index (χ0v) is 9.29. The first-order chi connectivity index (χ1) is 7.15. The van der Waals surface area contributed by atoms with Crippen LogP contribution in [0.25, 0.3) is 0 Å². The molecule has 2 unspecified atom stereocenters. The van der Waals surface area contributed by atoms with Crippen LogP contribution in [0, 0.1) is 5.92 Å². The van der Waals surface area contributed by atoms with Gasteiger partial charge in [-0.3, -0.25) is 4.79 Å². The molecule has 1 aliphatic rings. The molecule has 0 spiro atoms. The first kappa shape index (κ1) is 10.7. The van der Waals surface area contributed by atoms with Crippen molar-refractivity contribution in [1.82, 2.24) is 0 Å². The van der Waals surface area contributed by atoms with Crippen LogP contribution < -0.4 is 0 Å². The molecule has 0 aliphatic heterocycles. The number of rotatable bonds is 2. The smallest absolute Gasteiger partial charge is 0.169 e. The van der Waals surface area contributed by atoms with E-state index in [9.17, 15) is 9.90 Å².